The number of anilines is 1. The number of carbonyl (C=O) groups is 1. The predicted molar refractivity (Wildman–Crippen MR) is 116 cm³/mol. The predicted octanol–water partition coefficient (Wildman–Crippen LogP) is 5.96. The molecule has 0 radical (unpaired) electrons. The summed E-state index contributed by atoms with van der Waals surface area (Å²) in [7, 11) is 0. The number of carbonyl (C=O) groups excluding carboxylic acids is 1. The summed E-state index contributed by atoms with van der Waals surface area (Å²) >= 11 is 4.22. The monoisotopic (exact) mass is 386 g/mol. The zero-order valence-corrected chi connectivity index (χ0v) is 17.0. The molecule has 0 aliphatic rings. The van der Waals surface area contributed by atoms with E-state index < -0.39 is 0 Å². The van der Waals surface area contributed by atoms with Gasteiger partial charge in [-0.1, -0.05) is 62.6 Å². The Balaban J connectivity index is 1.66. The Morgan fingerprint density at radius 3 is 2.63 bits per heavy atom. The molecular weight excluding hydrogens is 356 g/mol. The zero-order chi connectivity index (χ0) is 19.3. The molecule has 0 atom stereocenters. The summed E-state index contributed by atoms with van der Waals surface area (Å²) in [5.74, 6) is 0.773. The van der Waals surface area contributed by atoms with E-state index in [-0.39, 0.29) is 6.03 Å². The van der Waals surface area contributed by atoms with Crippen LogP contribution in [-0.2, 0) is 6.42 Å². The van der Waals surface area contributed by atoms with E-state index in [1.165, 1.54) is 16.3 Å². The summed E-state index contributed by atoms with van der Waals surface area (Å²) < 4.78 is 7.23. The number of hydrogen-bond acceptors (Lipinski definition) is 3. The number of nitrogens with one attached hydrogen (secondary N) is 1. The minimum Gasteiger partial charge on any atom is -0.494 e. The van der Waals surface area contributed by atoms with Crippen LogP contribution in [0.3, 0.4) is 0 Å². The van der Waals surface area contributed by atoms with Crippen molar-refractivity contribution in [2.75, 3.05) is 18.5 Å². The highest BCUT2D eigenvalue weighted by atomic mass is 32.1. The average molecular weight is 387 g/mol. The van der Waals surface area contributed by atoms with Crippen molar-refractivity contribution in [2.24, 2.45) is 0 Å². The first-order valence-corrected chi connectivity index (χ1v) is 10.1. The molecule has 27 heavy (non-hydrogen) atoms. The van der Waals surface area contributed by atoms with Crippen molar-refractivity contribution in [2.45, 2.75) is 45.4 Å². The maximum atomic E-state index is 12.1. The molecule has 0 heterocycles. The van der Waals surface area contributed by atoms with Gasteiger partial charge in [-0.15, -0.1) is 0 Å². The van der Waals surface area contributed by atoms with E-state index in [1.807, 2.05) is 30.3 Å². The van der Waals surface area contributed by atoms with Gasteiger partial charge in [0.05, 0.1) is 6.61 Å². The van der Waals surface area contributed by atoms with Crippen LogP contribution in [-0.4, -0.2) is 23.5 Å². The second-order valence-electron chi connectivity index (χ2n) is 6.58. The molecule has 2 amide bonds. The first-order chi connectivity index (χ1) is 13.2. The lowest BCUT2D eigenvalue weighted by molar-refractivity contribution is 0.238. The second kappa shape index (κ2) is 12.3. The van der Waals surface area contributed by atoms with E-state index in [9.17, 15) is 4.79 Å². The Kier molecular flexibility index (Phi) is 9.63. The van der Waals surface area contributed by atoms with Gasteiger partial charge in [0.25, 0.3) is 0 Å². The van der Waals surface area contributed by atoms with Gasteiger partial charge in [-0.3, -0.25) is 4.31 Å². The summed E-state index contributed by atoms with van der Waals surface area (Å²) in [6.07, 6.45) is 6.39. The number of benzene rings is 2. The molecule has 146 valence electrons. The van der Waals surface area contributed by atoms with E-state index in [1.54, 1.807) is 0 Å². The number of rotatable bonds is 11. The minimum atomic E-state index is -0.218. The van der Waals surface area contributed by atoms with Gasteiger partial charge in [-0.2, -0.15) is 0 Å². The number of urea groups is 1. The molecular formula is C22H30N2O2S. The Bertz CT molecular complexity index is 679. The topological polar surface area (TPSA) is 41.6 Å². The van der Waals surface area contributed by atoms with E-state index in [2.05, 4.69) is 49.3 Å². The van der Waals surface area contributed by atoms with Gasteiger partial charge < -0.3 is 10.1 Å². The van der Waals surface area contributed by atoms with Crippen LogP contribution in [0.1, 0.15) is 44.6 Å². The number of ether oxygens (including phenoxy) is 1. The fourth-order valence-electron chi connectivity index (χ4n) is 2.70. The molecule has 2 aromatic rings. The quantitative estimate of drug-likeness (QED) is 0.370. The fraction of sp³-hybridized carbons (Fsp3) is 0.409. The van der Waals surface area contributed by atoms with Crippen LogP contribution in [0.25, 0.3) is 0 Å². The highest BCUT2D eigenvalue weighted by Crippen LogP contribution is 2.18. The largest absolute Gasteiger partial charge is 0.494 e. The van der Waals surface area contributed by atoms with Gasteiger partial charge in [0.15, 0.2) is 0 Å². The van der Waals surface area contributed by atoms with Crippen LogP contribution in [0.4, 0.5) is 10.5 Å². The molecule has 0 spiro atoms. The molecule has 2 aromatic carbocycles. The summed E-state index contributed by atoms with van der Waals surface area (Å²) in [6.45, 7) is 3.40. The molecule has 0 aromatic heterocycles. The maximum Gasteiger partial charge on any atom is 0.331 e. The molecule has 0 aliphatic heterocycles. The van der Waals surface area contributed by atoms with Gasteiger partial charge in [0, 0.05) is 18.3 Å². The lowest BCUT2D eigenvalue weighted by Crippen LogP contribution is -2.27. The van der Waals surface area contributed by atoms with Crippen LogP contribution >= 0.6 is 12.8 Å². The van der Waals surface area contributed by atoms with Crippen molar-refractivity contribution >= 4 is 24.5 Å². The molecule has 0 bridgehead atoms. The van der Waals surface area contributed by atoms with Gasteiger partial charge in [0.2, 0.25) is 0 Å². The van der Waals surface area contributed by atoms with Crippen molar-refractivity contribution in [3.8, 4) is 5.75 Å². The summed E-state index contributed by atoms with van der Waals surface area (Å²) in [5, 5.41) is 2.85. The number of thiol groups is 1. The Morgan fingerprint density at radius 2 is 1.85 bits per heavy atom. The highest BCUT2D eigenvalue weighted by molar-refractivity contribution is 7.78. The van der Waals surface area contributed by atoms with Gasteiger partial charge in [-0.05, 0) is 49.8 Å². The first-order valence-electron chi connectivity index (χ1n) is 9.73. The molecule has 0 aliphatic carbocycles. The van der Waals surface area contributed by atoms with Crippen molar-refractivity contribution in [1.29, 1.82) is 0 Å². The normalized spacial score (nSPS) is 10.4. The standard InChI is InChI=1S/C22H30N2O2S/c1-2-3-16-24(27)22(25)23-20-14-10-15-21(18-20)26-17-9-5-8-13-19-11-6-4-7-12-19/h4,6-7,10-12,14-15,18,27H,2-3,5,8-9,13,16-17H2,1H3,(H,23,25). The van der Waals surface area contributed by atoms with Gasteiger partial charge >= 0.3 is 6.03 Å². The van der Waals surface area contributed by atoms with E-state index >= 15 is 0 Å². The van der Waals surface area contributed by atoms with Gasteiger partial charge in [0.1, 0.15) is 5.75 Å². The van der Waals surface area contributed by atoms with E-state index in [0.29, 0.717) is 13.2 Å². The van der Waals surface area contributed by atoms with Crippen molar-refractivity contribution in [3.63, 3.8) is 0 Å². The lowest BCUT2D eigenvalue weighted by Gasteiger charge is -2.16. The summed E-state index contributed by atoms with van der Waals surface area (Å²) in [5.41, 5.74) is 2.11. The Morgan fingerprint density at radius 1 is 1.04 bits per heavy atom. The van der Waals surface area contributed by atoms with Crippen LogP contribution < -0.4 is 10.1 Å². The van der Waals surface area contributed by atoms with Crippen LogP contribution in [0, 0.1) is 0 Å². The number of unbranched alkanes of at least 4 members (excludes halogenated alkanes) is 3. The molecule has 0 saturated heterocycles. The first kappa shape index (κ1) is 21.2. The SMILES string of the molecule is CCCCN(S)C(=O)Nc1cccc(OCCCCCc2ccccc2)c1. The number of aryl methyl sites for hydroxylation is 1. The Labute approximate surface area is 168 Å². The molecule has 2 rings (SSSR count). The van der Waals surface area contributed by atoms with Gasteiger partial charge in [-0.25, -0.2) is 4.79 Å². The smallest absolute Gasteiger partial charge is 0.331 e. The van der Waals surface area contributed by atoms with E-state index in [0.717, 1.165) is 43.5 Å². The average Bonchev–Trinajstić information content (AvgIpc) is 2.69. The fourth-order valence-corrected chi connectivity index (χ4v) is 2.90. The third-order valence-electron chi connectivity index (χ3n) is 4.26. The van der Waals surface area contributed by atoms with Crippen molar-refractivity contribution in [1.82, 2.24) is 4.31 Å². The molecule has 4 nitrogen and oxygen atoms in total. The minimum absolute atomic E-state index is 0.218. The maximum absolute atomic E-state index is 12.1. The molecule has 5 heteroatoms. The van der Waals surface area contributed by atoms with Crippen molar-refractivity contribution < 1.29 is 9.53 Å². The molecule has 1 N–H and O–H groups in total. The third kappa shape index (κ3) is 8.39. The third-order valence-corrected chi connectivity index (χ3v) is 4.65. The molecule has 0 saturated carbocycles. The summed E-state index contributed by atoms with van der Waals surface area (Å²) in [4.78, 5) is 12.1. The van der Waals surface area contributed by atoms with Crippen LogP contribution in [0.5, 0.6) is 5.75 Å². The number of amides is 2. The second-order valence-corrected chi connectivity index (χ2v) is 7.06. The zero-order valence-electron chi connectivity index (χ0n) is 16.1. The lowest BCUT2D eigenvalue weighted by atomic mass is 10.1. The number of hydrogen-bond donors (Lipinski definition) is 2. The number of nitrogens with zero attached hydrogens (tertiary/aromatic N) is 1. The summed E-state index contributed by atoms with van der Waals surface area (Å²) in [6, 6.07) is 17.8. The van der Waals surface area contributed by atoms with Crippen molar-refractivity contribution in [3.05, 3.63) is 60.2 Å². The Hall–Kier alpha value is -2.14. The van der Waals surface area contributed by atoms with Crippen LogP contribution in [0.15, 0.2) is 54.6 Å². The van der Waals surface area contributed by atoms with E-state index in [4.69, 9.17) is 4.74 Å². The molecule has 0 unspecified atom stereocenters. The molecule has 0 fully saturated rings. The highest BCUT2D eigenvalue weighted by Gasteiger charge is 2.09. The van der Waals surface area contributed by atoms with Crippen LogP contribution in [0.2, 0.25) is 0 Å².